The maximum Gasteiger partial charge on any atom is 0.277 e. The molecule has 118 valence electrons. The minimum atomic E-state index is -0.392. The van der Waals surface area contributed by atoms with E-state index in [-0.39, 0.29) is 17.2 Å². The number of anilines is 1. The number of rotatable bonds is 6. The molecular weight excluding hydrogens is 302 g/mol. The van der Waals surface area contributed by atoms with E-state index in [1.807, 2.05) is 20.8 Å². The fourth-order valence-electron chi connectivity index (χ4n) is 1.72. The molecule has 0 saturated heterocycles. The van der Waals surface area contributed by atoms with E-state index in [2.05, 4.69) is 20.6 Å². The minimum Gasteiger partial charge on any atom is -0.295 e. The first-order chi connectivity index (χ1) is 10.5. The third-order valence-electron chi connectivity index (χ3n) is 2.98. The van der Waals surface area contributed by atoms with Gasteiger partial charge in [0.1, 0.15) is 10.7 Å². The molecule has 0 aliphatic heterocycles. The van der Waals surface area contributed by atoms with E-state index in [0.717, 1.165) is 17.8 Å². The van der Waals surface area contributed by atoms with Crippen LogP contribution in [0.2, 0.25) is 0 Å². The average Bonchev–Trinajstić information content (AvgIpc) is 2.95. The van der Waals surface area contributed by atoms with Crippen molar-refractivity contribution in [3.8, 4) is 0 Å². The number of aromatic nitrogens is 4. The fraction of sp³-hybridized carbons (Fsp3) is 0.500. The molecule has 1 N–H and O–H groups in total. The van der Waals surface area contributed by atoms with Gasteiger partial charge in [-0.25, -0.2) is 4.68 Å². The Labute approximate surface area is 132 Å². The first-order valence-corrected chi connectivity index (χ1v) is 8.05. The predicted octanol–water partition coefficient (Wildman–Crippen LogP) is 2.27. The standard InChI is InChI=1S/C14H19N5O2S/c1-4-5-8-19-11(20)7-6-10(18-19)12(21)15-14-17-16-13(22-14)9(2)3/h6-7,9H,4-5,8H2,1-3H3,(H,15,17,21). The summed E-state index contributed by atoms with van der Waals surface area (Å²) >= 11 is 1.33. The van der Waals surface area contributed by atoms with Crippen molar-refractivity contribution in [1.29, 1.82) is 0 Å². The zero-order valence-electron chi connectivity index (χ0n) is 12.9. The highest BCUT2D eigenvalue weighted by molar-refractivity contribution is 7.15. The normalized spacial score (nSPS) is 10.9. The number of nitrogens with zero attached hydrogens (tertiary/aromatic N) is 4. The van der Waals surface area contributed by atoms with Crippen LogP contribution in [0.3, 0.4) is 0 Å². The van der Waals surface area contributed by atoms with Gasteiger partial charge in [0.15, 0.2) is 0 Å². The third kappa shape index (κ3) is 3.97. The van der Waals surface area contributed by atoms with Crippen molar-refractivity contribution in [3.63, 3.8) is 0 Å². The molecular formula is C14H19N5O2S. The van der Waals surface area contributed by atoms with E-state index in [9.17, 15) is 9.59 Å². The van der Waals surface area contributed by atoms with Crippen molar-refractivity contribution in [1.82, 2.24) is 20.0 Å². The molecule has 0 atom stereocenters. The van der Waals surface area contributed by atoms with Crippen LogP contribution in [0.25, 0.3) is 0 Å². The molecule has 0 aromatic carbocycles. The molecule has 7 nitrogen and oxygen atoms in total. The van der Waals surface area contributed by atoms with E-state index in [4.69, 9.17) is 0 Å². The highest BCUT2D eigenvalue weighted by Crippen LogP contribution is 2.22. The molecule has 2 aromatic heterocycles. The smallest absolute Gasteiger partial charge is 0.277 e. The van der Waals surface area contributed by atoms with Gasteiger partial charge in [-0.15, -0.1) is 10.2 Å². The Kier molecular flexibility index (Phi) is 5.37. The molecule has 0 fully saturated rings. The van der Waals surface area contributed by atoms with Crippen LogP contribution in [0.1, 0.15) is 55.0 Å². The first-order valence-electron chi connectivity index (χ1n) is 7.24. The van der Waals surface area contributed by atoms with E-state index >= 15 is 0 Å². The monoisotopic (exact) mass is 321 g/mol. The Bertz CT molecular complexity index is 707. The number of amides is 1. The van der Waals surface area contributed by atoms with Crippen molar-refractivity contribution in [2.45, 2.75) is 46.1 Å². The summed E-state index contributed by atoms with van der Waals surface area (Å²) in [7, 11) is 0. The molecule has 2 aromatic rings. The van der Waals surface area contributed by atoms with Crippen LogP contribution in [0.4, 0.5) is 5.13 Å². The van der Waals surface area contributed by atoms with E-state index < -0.39 is 5.91 Å². The highest BCUT2D eigenvalue weighted by Gasteiger charge is 2.14. The second-order valence-corrected chi connectivity index (χ2v) is 6.20. The lowest BCUT2D eigenvalue weighted by atomic mass is 10.2. The lowest BCUT2D eigenvalue weighted by Gasteiger charge is -2.05. The number of hydrogen-bond donors (Lipinski definition) is 1. The van der Waals surface area contributed by atoms with Crippen LogP contribution >= 0.6 is 11.3 Å². The van der Waals surface area contributed by atoms with Gasteiger partial charge in [-0.2, -0.15) is 5.10 Å². The van der Waals surface area contributed by atoms with Gasteiger partial charge in [0.25, 0.3) is 11.5 Å². The molecule has 8 heteroatoms. The van der Waals surface area contributed by atoms with Crippen LogP contribution in [0.15, 0.2) is 16.9 Å². The molecule has 0 radical (unpaired) electrons. The van der Waals surface area contributed by atoms with E-state index in [1.165, 1.54) is 28.2 Å². The number of carbonyl (C=O) groups is 1. The molecule has 2 rings (SSSR count). The molecule has 0 saturated carbocycles. The summed E-state index contributed by atoms with van der Waals surface area (Å²) in [5, 5.41) is 16.0. The second kappa shape index (κ2) is 7.26. The van der Waals surface area contributed by atoms with Gasteiger partial charge < -0.3 is 0 Å². The third-order valence-corrected chi connectivity index (χ3v) is 4.12. The van der Waals surface area contributed by atoms with Crippen molar-refractivity contribution in [3.05, 3.63) is 33.2 Å². The van der Waals surface area contributed by atoms with Crippen LogP contribution in [0, 0.1) is 0 Å². The largest absolute Gasteiger partial charge is 0.295 e. The Hall–Kier alpha value is -2.09. The molecule has 0 unspecified atom stereocenters. The van der Waals surface area contributed by atoms with Crippen molar-refractivity contribution < 1.29 is 4.79 Å². The van der Waals surface area contributed by atoms with Crippen LogP contribution in [-0.2, 0) is 6.54 Å². The lowest BCUT2D eigenvalue weighted by Crippen LogP contribution is -2.26. The first kappa shape index (κ1) is 16.3. The number of carbonyl (C=O) groups excluding carboxylic acids is 1. The van der Waals surface area contributed by atoms with Crippen molar-refractivity contribution in [2.75, 3.05) is 5.32 Å². The Morgan fingerprint density at radius 2 is 2.14 bits per heavy atom. The summed E-state index contributed by atoms with van der Waals surface area (Å²) in [6.07, 6.45) is 1.79. The number of unbranched alkanes of at least 4 members (excludes halogenated alkanes) is 1. The summed E-state index contributed by atoms with van der Waals surface area (Å²) in [6.45, 7) is 6.56. The van der Waals surface area contributed by atoms with Gasteiger partial charge in [0, 0.05) is 18.5 Å². The molecule has 2 heterocycles. The van der Waals surface area contributed by atoms with Gasteiger partial charge in [-0.05, 0) is 12.5 Å². The molecule has 0 aliphatic carbocycles. The Balaban J connectivity index is 2.13. The van der Waals surface area contributed by atoms with Gasteiger partial charge in [0.2, 0.25) is 5.13 Å². The summed E-state index contributed by atoms with van der Waals surface area (Å²) < 4.78 is 1.32. The summed E-state index contributed by atoms with van der Waals surface area (Å²) in [5.74, 6) is -0.131. The summed E-state index contributed by atoms with van der Waals surface area (Å²) in [5.41, 5.74) is -0.0139. The Morgan fingerprint density at radius 1 is 1.36 bits per heavy atom. The van der Waals surface area contributed by atoms with Gasteiger partial charge in [-0.1, -0.05) is 38.5 Å². The summed E-state index contributed by atoms with van der Waals surface area (Å²) in [4.78, 5) is 23.9. The SMILES string of the molecule is CCCCn1nc(C(=O)Nc2nnc(C(C)C)s2)ccc1=O. The van der Waals surface area contributed by atoms with Crippen molar-refractivity contribution in [2.24, 2.45) is 0 Å². The van der Waals surface area contributed by atoms with Gasteiger partial charge in [-0.3, -0.25) is 14.9 Å². The molecule has 0 bridgehead atoms. The molecule has 0 spiro atoms. The zero-order valence-corrected chi connectivity index (χ0v) is 13.7. The number of nitrogens with one attached hydrogen (secondary N) is 1. The second-order valence-electron chi connectivity index (χ2n) is 5.19. The Morgan fingerprint density at radius 3 is 2.77 bits per heavy atom. The van der Waals surface area contributed by atoms with Crippen LogP contribution in [-0.4, -0.2) is 25.9 Å². The maximum atomic E-state index is 12.2. The van der Waals surface area contributed by atoms with E-state index in [1.54, 1.807) is 0 Å². The number of aryl methyl sites for hydroxylation is 1. The highest BCUT2D eigenvalue weighted by atomic mass is 32.1. The molecule has 0 aliphatic rings. The molecule has 22 heavy (non-hydrogen) atoms. The zero-order chi connectivity index (χ0) is 16.1. The van der Waals surface area contributed by atoms with Crippen molar-refractivity contribution >= 4 is 22.4 Å². The number of hydrogen-bond acceptors (Lipinski definition) is 6. The van der Waals surface area contributed by atoms with Crippen LogP contribution < -0.4 is 10.9 Å². The summed E-state index contributed by atoms with van der Waals surface area (Å²) in [6, 6.07) is 2.78. The van der Waals surface area contributed by atoms with E-state index in [0.29, 0.717) is 11.7 Å². The molecule has 1 amide bonds. The van der Waals surface area contributed by atoms with Gasteiger partial charge in [0.05, 0.1) is 0 Å². The lowest BCUT2D eigenvalue weighted by molar-refractivity contribution is 0.101. The van der Waals surface area contributed by atoms with Gasteiger partial charge >= 0.3 is 0 Å². The quantitative estimate of drug-likeness (QED) is 0.881. The van der Waals surface area contributed by atoms with Crippen LogP contribution in [0.5, 0.6) is 0 Å². The minimum absolute atomic E-state index is 0.192. The predicted molar refractivity (Wildman–Crippen MR) is 85.4 cm³/mol. The fourth-order valence-corrected chi connectivity index (χ4v) is 2.46. The topological polar surface area (TPSA) is 89.8 Å². The maximum absolute atomic E-state index is 12.2. The average molecular weight is 321 g/mol.